The van der Waals surface area contributed by atoms with Gasteiger partial charge in [-0.3, -0.25) is 0 Å². The number of benzene rings is 1. The fraction of sp³-hybridized carbons (Fsp3) is 0.571. The molecule has 0 heterocycles. The van der Waals surface area contributed by atoms with Crippen LogP contribution in [0, 0.1) is 17.3 Å². The highest BCUT2D eigenvalue weighted by molar-refractivity contribution is 7.87. The number of allylic oxidation sites excluding steroid dienone is 2. The molecule has 10 heteroatoms. The number of halogens is 3. The molecule has 6 nitrogen and oxygen atoms in total. The van der Waals surface area contributed by atoms with Crippen molar-refractivity contribution in [1.82, 2.24) is 0 Å². The van der Waals surface area contributed by atoms with Crippen molar-refractivity contribution in [3.8, 4) is 5.75 Å². The number of ether oxygens (including phenoxy) is 1. The maximum Gasteiger partial charge on any atom is 0.534 e. The predicted molar refractivity (Wildman–Crippen MR) is 104 cm³/mol. The zero-order valence-corrected chi connectivity index (χ0v) is 17.6. The number of carbonyl (C=O) groups is 1. The topological polar surface area (TPSA) is 89.9 Å². The lowest BCUT2D eigenvalue weighted by Crippen LogP contribution is -2.42. The molecular weight excluding hydrogens is 437 g/mol. The summed E-state index contributed by atoms with van der Waals surface area (Å²) in [7, 11) is -5.69. The zero-order valence-electron chi connectivity index (χ0n) is 16.8. The molecule has 3 aliphatic rings. The summed E-state index contributed by atoms with van der Waals surface area (Å²) in [6, 6.07) is 5.55. The van der Waals surface area contributed by atoms with Crippen molar-refractivity contribution in [2.45, 2.75) is 50.5 Å². The van der Waals surface area contributed by atoms with Gasteiger partial charge >= 0.3 is 21.6 Å². The van der Waals surface area contributed by atoms with Gasteiger partial charge < -0.3 is 14.0 Å². The molecule has 1 saturated carbocycles. The van der Waals surface area contributed by atoms with Crippen molar-refractivity contribution in [2.24, 2.45) is 17.3 Å². The second-order valence-corrected chi connectivity index (χ2v) is 10.2. The molecule has 3 aliphatic carbocycles. The molecule has 4 atom stereocenters. The minimum Gasteiger partial charge on any atom is -0.482 e. The molecule has 1 aromatic rings. The molecule has 1 N–H and O–H groups in total. The number of fused-ring (bicyclic) bond motifs is 5. The second-order valence-electron chi connectivity index (χ2n) is 8.70. The number of carboxylic acid groups (broad SMARTS) is 1. The highest BCUT2D eigenvalue weighted by Gasteiger charge is 2.56. The van der Waals surface area contributed by atoms with Gasteiger partial charge in [0.15, 0.2) is 6.61 Å². The smallest absolute Gasteiger partial charge is 0.482 e. The lowest BCUT2D eigenvalue weighted by Gasteiger charge is -2.49. The first kappa shape index (κ1) is 22.0. The molecule has 0 spiro atoms. The summed E-state index contributed by atoms with van der Waals surface area (Å²) in [5, 5.41) is 8.78. The number of hydrogen-bond donors (Lipinski definition) is 1. The molecule has 170 valence electrons. The first-order valence-electron chi connectivity index (χ1n) is 10.1. The number of aliphatic carboxylic acids is 1. The van der Waals surface area contributed by atoms with Gasteiger partial charge in [-0.25, -0.2) is 4.79 Å². The van der Waals surface area contributed by atoms with E-state index in [-0.39, 0.29) is 23.5 Å². The second kappa shape index (κ2) is 7.43. The highest BCUT2D eigenvalue weighted by Crippen LogP contribution is 2.61. The third kappa shape index (κ3) is 3.79. The minimum atomic E-state index is -5.69. The Bertz CT molecular complexity index is 1030. The Labute approximate surface area is 178 Å². The molecule has 1 aromatic carbocycles. The summed E-state index contributed by atoms with van der Waals surface area (Å²) < 4.78 is 71.4. The average molecular weight is 460 g/mol. The Morgan fingerprint density at radius 3 is 2.71 bits per heavy atom. The van der Waals surface area contributed by atoms with Crippen LogP contribution in [0.4, 0.5) is 13.2 Å². The van der Waals surface area contributed by atoms with Gasteiger partial charge in [-0.15, -0.1) is 0 Å². The van der Waals surface area contributed by atoms with E-state index < -0.39 is 33.6 Å². The molecule has 4 rings (SSSR count). The maximum absolute atomic E-state index is 12.8. The Morgan fingerprint density at radius 2 is 2.03 bits per heavy atom. The number of alkyl halides is 3. The van der Waals surface area contributed by atoms with Crippen LogP contribution in [0.25, 0.3) is 0 Å². The highest BCUT2D eigenvalue weighted by atomic mass is 32.2. The van der Waals surface area contributed by atoms with E-state index in [4.69, 9.17) is 9.84 Å². The van der Waals surface area contributed by atoms with Crippen LogP contribution in [0.15, 0.2) is 30.0 Å². The molecule has 3 unspecified atom stereocenters. The molecule has 0 radical (unpaired) electrons. The van der Waals surface area contributed by atoms with E-state index in [0.717, 1.165) is 24.0 Å². The Balaban J connectivity index is 1.54. The normalized spacial score (nSPS) is 29.9. The number of hydrogen-bond acceptors (Lipinski definition) is 5. The molecule has 0 bridgehead atoms. The summed E-state index contributed by atoms with van der Waals surface area (Å²) in [5.74, 6) is -0.234. The number of aryl methyl sites for hydroxylation is 1. The van der Waals surface area contributed by atoms with Gasteiger partial charge in [0.05, 0.1) is 0 Å². The number of rotatable bonds is 5. The van der Waals surface area contributed by atoms with E-state index in [2.05, 4.69) is 4.18 Å². The van der Waals surface area contributed by atoms with Crippen LogP contribution in [0.3, 0.4) is 0 Å². The van der Waals surface area contributed by atoms with Crippen LogP contribution in [0.2, 0.25) is 0 Å². The Hall–Kier alpha value is -2.23. The first-order valence-corrected chi connectivity index (χ1v) is 11.5. The summed E-state index contributed by atoms with van der Waals surface area (Å²) in [4.78, 5) is 10.7. The van der Waals surface area contributed by atoms with Crippen molar-refractivity contribution in [1.29, 1.82) is 0 Å². The van der Waals surface area contributed by atoms with E-state index in [1.54, 1.807) is 13.0 Å². The molecule has 0 aliphatic heterocycles. The van der Waals surface area contributed by atoms with Crippen molar-refractivity contribution < 1.29 is 40.4 Å². The molecule has 0 aromatic heterocycles. The van der Waals surface area contributed by atoms with Gasteiger partial charge in [0.2, 0.25) is 0 Å². The van der Waals surface area contributed by atoms with E-state index in [9.17, 15) is 26.4 Å². The van der Waals surface area contributed by atoms with Crippen LogP contribution >= 0.6 is 0 Å². The van der Waals surface area contributed by atoms with E-state index in [1.807, 2.05) is 12.1 Å². The quantitative estimate of drug-likeness (QED) is 0.519. The summed E-state index contributed by atoms with van der Waals surface area (Å²) in [5.41, 5.74) is -3.96. The number of carboxylic acids is 1. The van der Waals surface area contributed by atoms with Crippen molar-refractivity contribution >= 4 is 16.1 Å². The van der Waals surface area contributed by atoms with Crippen molar-refractivity contribution in [2.75, 3.05) is 6.61 Å². The van der Waals surface area contributed by atoms with Crippen molar-refractivity contribution in [3.05, 3.63) is 41.2 Å². The van der Waals surface area contributed by atoms with Gasteiger partial charge in [-0.2, -0.15) is 21.6 Å². The standard InChI is InChI=1S/C21H23F3O6S/c1-20-9-8-15-14-5-3-13(29-11-19(25)26)10-12(14)2-4-16(15)17(20)6-7-18(20)30-31(27,28)21(22,23)24/h3,5,7,10,15-17H,2,4,6,8-9,11H2,1H3,(H,25,26)/t15?,16?,17?,20-/m0/s1. The van der Waals surface area contributed by atoms with Gasteiger partial charge in [0.1, 0.15) is 11.5 Å². The van der Waals surface area contributed by atoms with Gasteiger partial charge in [-0.1, -0.05) is 13.0 Å². The van der Waals surface area contributed by atoms with Crippen LogP contribution in [0.1, 0.15) is 49.7 Å². The third-order valence-electron chi connectivity index (χ3n) is 7.05. The van der Waals surface area contributed by atoms with Crippen LogP contribution < -0.4 is 4.74 Å². The van der Waals surface area contributed by atoms with Gasteiger partial charge in [0.25, 0.3) is 0 Å². The fourth-order valence-corrected chi connectivity index (χ4v) is 6.21. The lowest BCUT2D eigenvalue weighted by atomic mass is 9.55. The fourth-order valence-electron chi connectivity index (χ4n) is 5.62. The third-order valence-corrected chi connectivity index (χ3v) is 8.02. The largest absolute Gasteiger partial charge is 0.534 e. The van der Waals surface area contributed by atoms with Crippen LogP contribution in [0.5, 0.6) is 5.75 Å². The van der Waals surface area contributed by atoms with Crippen molar-refractivity contribution in [3.63, 3.8) is 0 Å². The average Bonchev–Trinajstić information content (AvgIpc) is 3.01. The van der Waals surface area contributed by atoms with Gasteiger partial charge in [-0.05, 0) is 79.2 Å². The first-order chi connectivity index (χ1) is 14.4. The summed E-state index contributed by atoms with van der Waals surface area (Å²) in [6.07, 6.45) is 4.77. The Morgan fingerprint density at radius 1 is 1.29 bits per heavy atom. The van der Waals surface area contributed by atoms with Crippen LogP contribution in [-0.4, -0.2) is 31.6 Å². The lowest BCUT2D eigenvalue weighted by molar-refractivity contribution is -0.139. The minimum absolute atomic E-state index is 0.000714. The molecule has 0 amide bonds. The predicted octanol–water partition coefficient (Wildman–Crippen LogP) is 4.37. The zero-order chi connectivity index (χ0) is 22.6. The SMILES string of the molecule is C[C@]12CCC3c4ccc(OCC(=O)O)cc4CCC3C1CC=C2OS(=O)(=O)C(F)(F)F. The van der Waals surface area contributed by atoms with Crippen LogP contribution in [-0.2, 0) is 25.5 Å². The van der Waals surface area contributed by atoms with E-state index in [1.165, 1.54) is 6.08 Å². The van der Waals surface area contributed by atoms with Gasteiger partial charge in [0, 0.05) is 5.41 Å². The Kier molecular flexibility index (Phi) is 5.27. The molecule has 31 heavy (non-hydrogen) atoms. The van der Waals surface area contributed by atoms with E-state index >= 15 is 0 Å². The van der Waals surface area contributed by atoms with E-state index in [0.29, 0.717) is 25.0 Å². The molecule has 0 saturated heterocycles. The molecular formula is C21H23F3O6S. The maximum atomic E-state index is 12.8. The summed E-state index contributed by atoms with van der Waals surface area (Å²) in [6.45, 7) is 1.39. The molecule has 1 fully saturated rings. The monoisotopic (exact) mass is 460 g/mol. The summed E-state index contributed by atoms with van der Waals surface area (Å²) >= 11 is 0.